The summed E-state index contributed by atoms with van der Waals surface area (Å²) in [4.78, 5) is 17.4. The van der Waals surface area contributed by atoms with Gasteiger partial charge in [0.2, 0.25) is 0 Å². The number of rotatable bonds is 2. The SMILES string of the molecule is CC(N)c1nc2c(I)cccc2c(=O)n1-c1cccc(F)c1. The number of benzene rings is 2. The molecule has 3 aromatic rings. The summed E-state index contributed by atoms with van der Waals surface area (Å²) >= 11 is 2.14. The van der Waals surface area contributed by atoms with Gasteiger partial charge in [-0.15, -0.1) is 0 Å². The van der Waals surface area contributed by atoms with Gasteiger partial charge in [-0.1, -0.05) is 12.1 Å². The lowest BCUT2D eigenvalue weighted by Crippen LogP contribution is -2.27. The lowest BCUT2D eigenvalue weighted by Gasteiger charge is -2.16. The van der Waals surface area contributed by atoms with Gasteiger partial charge in [-0.05, 0) is 59.8 Å². The summed E-state index contributed by atoms with van der Waals surface area (Å²) in [5.74, 6) is -0.00465. The molecule has 112 valence electrons. The average Bonchev–Trinajstić information content (AvgIpc) is 2.47. The molecule has 22 heavy (non-hydrogen) atoms. The third-order valence-corrected chi connectivity index (χ3v) is 4.22. The van der Waals surface area contributed by atoms with E-state index in [-0.39, 0.29) is 5.56 Å². The average molecular weight is 409 g/mol. The molecule has 0 saturated heterocycles. The Kier molecular flexibility index (Phi) is 3.96. The van der Waals surface area contributed by atoms with Crippen molar-refractivity contribution in [1.82, 2.24) is 9.55 Å². The molecule has 0 saturated carbocycles. The summed E-state index contributed by atoms with van der Waals surface area (Å²) in [6.45, 7) is 1.75. The van der Waals surface area contributed by atoms with Crippen LogP contribution in [0.25, 0.3) is 16.6 Å². The maximum Gasteiger partial charge on any atom is 0.266 e. The molecule has 0 fully saturated rings. The monoisotopic (exact) mass is 409 g/mol. The summed E-state index contributed by atoms with van der Waals surface area (Å²) < 4.78 is 15.8. The zero-order valence-electron chi connectivity index (χ0n) is 11.8. The van der Waals surface area contributed by atoms with E-state index in [1.54, 1.807) is 31.2 Å². The summed E-state index contributed by atoms with van der Waals surface area (Å²) in [6, 6.07) is 10.8. The quantitative estimate of drug-likeness (QED) is 0.662. The largest absolute Gasteiger partial charge is 0.322 e. The lowest BCUT2D eigenvalue weighted by atomic mass is 10.2. The highest BCUT2D eigenvalue weighted by molar-refractivity contribution is 14.1. The number of para-hydroxylation sites is 1. The molecule has 2 aromatic carbocycles. The molecular weight excluding hydrogens is 396 g/mol. The first-order valence-corrected chi connectivity index (χ1v) is 7.79. The van der Waals surface area contributed by atoms with Crippen LogP contribution in [-0.4, -0.2) is 9.55 Å². The van der Waals surface area contributed by atoms with Gasteiger partial charge in [0.1, 0.15) is 11.6 Å². The Bertz CT molecular complexity index is 921. The second-order valence-corrected chi connectivity index (χ2v) is 6.18. The van der Waals surface area contributed by atoms with Gasteiger partial charge in [-0.3, -0.25) is 9.36 Å². The molecule has 0 bridgehead atoms. The van der Waals surface area contributed by atoms with Gasteiger partial charge >= 0.3 is 0 Å². The molecule has 0 aliphatic heterocycles. The van der Waals surface area contributed by atoms with Gasteiger partial charge in [-0.25, -0.2) is 9.37 Å². The molecule has 0 amide bonds. The second-order valence-electron chi connectivity index (χ2n) is 5.02. The summed E-state index contributed by atoms with van der Waals surface area (Å²) in [5, 5.41) is 0.487. The van der Waals surface area contributed by atoms with Crippen LogP contribution in [0.4, 0.5) is 4.39 Å². The first-order chi connectivity index (χ1) is 10.5. The van der Waals surface area contributed by atoms with Crippen molar-refractivity contribution in [2.45, 2.75) is 13.0 Å². The fourth-order valence-electron chi connectivity index (χ4n) is 2.36. The minimum absolute atomic E-state index is 0.249. The highest BCUT2D eigenvalue weighted by atomic mass is 127. The van der Waals surface area contributed by atoms with Crippen molar-refractivity contribution in [2.75, 3.05) is 0 Å². The van der Waals surface area contributed by atoms with E-state index in [0.29, 0.717) is 22.4 Å². The van der Waals surface area contributed by atoms with Crippen LogP contribution in [0.15, 0.2) is 47.3 Å². The second kappa shape index (κ2) is 5.77. The third kappa shape index (κ3) is 2.52. The predicted octanol–water partition coefficient (Wildman–Crippen LogP) is 3.15. The summed E-state index contributed by atoms with van der Waals surface area (Å²) in [5.41, 5.74) is 6.77. The normalized spacial score (nSPS) is 12.5. The Morgan fingerprint density at radius 2 is 2.00 bits per heavy atom. The smallest absolute Gasteiger partial charge is 0.266 e. The number of hydrogen-bond acceptors (Lipinski definition) is 3. The first kappa shape index (κ1) is 15.1. The Hall–Kier alpha value is -1.80. The van der Waals surface area contributed by atoms with Crippen LogP contribution in [0.1, 0.15) is 18.8 Å². The molecule has 0 aliphatic rings. The molecule has 3 rings (SSSR count). The molecule has 1 aromatic heterocycles. The fourth-order valence-corrected chi connectivity index (χ4v) is 2.98. The minimum atomic E-state index is -0.462. The Morgan fingerprint density at radius 3 is 2.68 bits per heavy atom. The molecule has 0 radical (unpaired) electrons. The van der Waals surface area contributed by atoms with Crippen molar-refractivity contribution in [2.24, 2.45) is 5.73 Å². The molecule has 1 atom stereocenters. The van der Waals surface area contributed by atoms with E-state index >= 15 is 0 Å². The van der Waals surface area contributed by atoms with E-state index in [0.717, 1.165) is 3.57 Å². The molecular formula is C16H13FIN3O. The maximum absolute atomic E-state index is 13.5. The molecule has 0 aliphatic carbocycles. The van der Waals surface area contributed by atoms with Gasteiger partial charge in [-0.2, -0.15) is 0 Å². The van der Waals surface area contributed by atoms with Crippen LogP contribution in [0.2, 0.25) is 0 Å². The predicted molar refractivity (Wildman–Crippen MR) is 92.6 cm³/mol. The molecule has 1 heterocycles. The van der Waals surface area contributed by atoms with Crippen LogP contribution in [0, 0.1) is 9.39 Å². The van der Waals surface area contributed by atoms with Crippen LogP contribution in [-0.2, 0) is 0 Å². The molecule has 4 nitrogen and oxygen atoms in total. The van der Waals surface area contributed by atoms with Gasteiger partial charge < -0.3 is 5.73 Å². The maximum atomic E-state index is 13.5. The Balaban J connectivity index is 2.45. The number of nitrogens with two attached hydrogens (primary N) is 1. The van der Waals surface area contributed by atoms with Crippen LogP contribution < -0.4 is 11.3 Å². The van der Waals surface area contributed by atoms with Crippen molar-refractivity contribution in [3.05, 3.63) is 68.0 Å². The van der Waals surface area contributed by atoms with Gasteiger partial charge in [0.05, 0.1) is 22.6 Å². The first-order valence-electron chi connectivity index (χ1n) is 6.71. The Labute approximate surface area is 139 Å². The topological polar surface area (TPSA) is 60.9 Å². The number of hydrogen-bond donors (Lipinski definition) is 1. The van der Waals surface area contributed by atoms with Crippen LogP contribution >= 0.6 is 22.6 Å². The minimum Gasteiger partial charge on any atom is -0.322 e. The summed E-state index contributed by atoms with van der Waals surface area (Å²) in [7, 11) is 0. The number of nitrogens with zero attached hydrogens (tertiary/aromatic N) is 2. The molecule has 6 heteroatoms. The zero-order chi connectivity index (χ0) is 15.9. The molecule has 1 unspecified atom stereocenters. The van der Waals surface area contributed by atoms with Gasteiger partial charge in [0, 0.05) is 3.57 Å². The van der Waals surface area contributed by atoms with Crippen LogP contribution in [0.5, 0.6) is 0 Å². The van der Waals surface area contributed by atoms with Crippen molar-refractivity contribution in [1.29, 1.82) is 0 Å². The van der Waals surface area contributed by atoms with E-state index in [2.05, 4.69) is 27.6 Å². The van der Waals surface area contributed by atoms with Gasteiger partial charge in [0.25, 0.3) is 5.56 Å². The molecule has 0 spiro atoms. The highest BCUT2D eigenvalue weighted by Gasteiger charge is 2.17. The van der Waals surface area contributed by atoms with E-state index in [4.69, 9.17) is 5.73 Å². The Morgan fingerprint density at radius 1 is 1.27 bits per heavy atom. The van der Waals surface area contributed by atoms with Crippen molar-refractivity contribution < 1.29 is 4.39 Å². The highest BCUT2D eigenvalue weighted by Crippen LogP contribution is 2.20. The van der Waals surface area contributed by atoms with Crippen molar-refractivity contribution in [3.8, 4) is 5.69 Å². The standard InChI is InChI=1S/C16H13FIN3O/c1-9(19)15-20-14-12(6-3-7-13(14)18)16(22)21(15)11-5-2-4-10(17)8-11/h2-9H,19H2,1H3. The van der Waals surface area contributed by atoms with Gasteiger partial charge in [0.15, 0.2) is 0 Å². The number of halogens is 2. The summed E-state index contributed by atoms with van der Waals surface area (Å²) in [6.07, 6.45) is 0. The van der Waals surface area contributed by atoms with E-state index < -0.39 is 11.9 Å². The molecule has 2 N–H and O–H groups in total. The fraction of sp³-hybridized carbons (Fsp3) is 0.125. The van der Waals surface area contributed by atoms with Crippen molar-refractivity contribution >= 4 is 33.5 Å². The van der Waals surface area contributed by atoms with Crippen LogP contribution in [0.3, 0.4) is 0 Å². The number of aromatic nitrogens is 2. The van der Waals surface area contributed by atoms with E-state index in [1.807, 2.05) is 6.07 Å². The van der Waals surface area contributed by atoms with Crippen molar-refractivity contribution in [3.63, 3.8) is 0 Å². The zero-order valence-corrected chi connectivity index (χ0v) is 13.9. The number of fused-ring (bicyclic) bond motifs is 1. The van der Waals surface area contributed by atoms with E-state index in [1.165, 1.54) is 16.7 Å². The van der Waals surface area contributed by atoms with E-state index in [9.17, 15) is 9.18 Å². The lowest BCUT2D eigenvalue weighted by molar-refractivity contribution is 0.623. The third-order valence-electron chi connectivity index (χ3n) is 3.35.